The van der Waals surface area contributed by atoms with E-state index in [0.717, 1.165) is 29.8 Å². The highest BCUT2D eigenvalue weighted by Gasteiger charge is 2.14. The van der Waals surface area contributed by atoms with Crippen LogP contribution in [0, 0.1) is 12.8 Å². The second kappa shape index (κ2) is 5.95. The van der Waals surface area contributed by atoms with E-state index in [0.29, 0.717) is 18.2 Å². The molecule has 1 unspecified atom stereocenters. The number of amides is 1. The highest BCUT2D eigenvalue weighted by molar-refractivity contribution is 5.91. The van der Waals surface area contributed by atoms with Gasteiger partial charge >= 0.3 is 0 Å². The van der Waals surface area contributed by atoms with E-state index in [4.69, 9.17) is 4.42 Å². The summed E-state index contributed by atoms with van der Waals surface area (Å²) in [7, 11) is 0. The molecule has 0 aliphatic heterocycles. The first-order valence-electron chi connectivity index (χ1n) is 7.20. The maximum absolute atomic E-state index is 12.0. The van der Waals surface area contributed by atoms with Gasteiger partial charge in [0.05, 0.1) is 0 Å². The SMILES string of the molecule is Cc1nc(-c2ccc(NC(=O)CC3C=CCC3)cc2)co1. The molecule has 1 aromatic heterocycles. The van der Waals surface area contributed by atoms with E-state index in [-0.39, 0.29) is 5.91 Å². The molecule has 21 heavy (non-hydrogen) atoms. The summed E-state index contributed by atoms with van der Waals surface area (Å²) in [5, 5.41) is 2.94. The van der Waals surface area contributed by atoms with E-state index in [1.165, 1.54) is 0 Å². The predicted octanol–water partition coefficient (Wildman–Crippen LogP) is 3.94. The quantitative estimate of drug-likeness (QED) is 0.864. The van der Waals surface area contributed by atoms with Crippen molar-refractivity contribution in [3.63, 3.8) is 0 Å². The van der Waals surface area contributed by atoms with E-state index in [1.54, 1.807) is 6.26 Å². The van der Waals surface area contributed by atoms with Crippen molar-refractivity contribution in [1.82, 2.24) is 4.98 Å². The Morgan fingerprint density at radius 2 is 2.19 bits per heavy atom. The van der Waals surface area contributed by atoms with Crippen molar-refractivity contribution in [2.75, 3.05) is 5.32 Å². The van der Waals surface area contributed by atoms with Gasteiger partial charge in [-0.25, -0.2) is 4.98 Å². The summed E-state index contributed by atoms with van der Waals surface area (Å²) in [6.07, 6.45) is 8.64. The van der Waals surface area contributed by atoms with Gasteiger partial charge in [-0.2, -0.15) is 0 Å². The minimum absolute atomic E-state index is 0.0663. The summed E-state index contributed by atoms with van der Waals surface area (Å²) in [4.78, 5) is 16.2. The number of benzene rings is 1. The van der Waals surface area contributed by atoms with Crippen molar-refractivity contribution in [1.29, 1.82) is 0 Å². The van der Waals surface area contributed by atoms with Crippen molar-refractivity contribution in [2.24, 2.45) is 5.92 Å². The van der Waals surface area contributed by atoms with Crippen molar-refractivity contribution in [3.05, 3.63) is 48.6 Å². The summed E-state index contributed by atoms with van der Waals surface area (Å²) in [5.41, 5.74) is 2.59. The lowest BCUT2D eigenvalue weighted by Crippen LogP contribution is -2.14. The number of aromatic nitrogens is 1. The topological polar surface area (TPSA) is 55.1 Å². The number of aryl methyl sites for hydroxylation is 1. The van der Waals surface area contributed by atoms with Crippen LogP contribution in [-0.2, 0) is 4.79 Å². The molecule has 1 aliphatic carbocycles. The van der Waals surface area contributed by atoms with Gasteiger partial charge in [0.2, 0.25) is 5.91 Å². The van der Waals surface area contributed by atoms with Gasteiger partial charge in [0.1, 0.15) is 12.0 Å². The first-order chi connectivity index (χ1) is 10.2. The van der Waals surface area contributed by atoms with Gasteiger partial charge in [-0.05, 0) is 30.9 Å². The fourth-order valence-electron chi connectivity index (χ4n) is 2.54. The molecule has 0 saturated heterocycles. The van der Waals surface area contributed by atoms with Crippen molar-refractivity contribution in [2.45, 2.75) is 26.2 Å². The summed E-state index contributed by atoms with van der Waals surface area (Å²) >= 11 is 0. The Morgan fingerprint density at radius 3 is 2.81 bits per heavy atom. The molecule has 0 radical (unpaired) electrons. The maximum atomic E-state index is 12.0. The second-order valence-corrected chi connectivity index (χ2v) is 5.35. The van der Waals surface area contributed by atoms with Crippen LogP contribution in [0.2, 0.25) is 0 Å². The second-order valence-electron chi connectivity index (χ2n) is 5.35. The van der Waals surface area contributed by atoms with Gasteiger partial charge in [-0.15, -0.1) is 0 Å². The van der Waals surface area contributed by atoms with E-state index in [9.17, 15) is 4.79 Å². The summed E-state index contributed by atoms with van der Waals surface area (Å²) in [5.74, 6) is 1.10. The number of carbonyl (C=O) groups excluding carboxylic acids is 1. The monoisotopic (exact) mass is 282 g/mol. The zero-order valence-electron chi connectivity index (χ0n) is 12.0. The Hall–Kier alpha value is -2.36. The molecule has 1 atom stereocenters. The molecule has 0 spiro atoms. The molecule has 4 heteroatoms. The number of carbonyl (C=O) groups is 1. The molecule has 108 valence electrons. The lowest BCUT2D eigenvalue weighted by atomic mass is 10.0. The van der Waals surface area contributed by atoms with Crippen LogP contribution in [0.15, 0.2) is 47.1 Å². The third kappa shape index (κ3) is 3.40. The number of allylic oxidation sites excluding steroid dienone is 2. The number of hydrogen-bond acceptors (Lipinski definition) is 3. The normalized spacial score (nSPS) is 17.1. The Labute approximate surface area is 123 Å². The predicted molar refractivity (Wildman–Crippen MR) is 81.8 cm³/mol. The summed E-state index contributed by atoms with van der Waals surface area (Å²) in [6, 6.07) is 7.65. The smallest absolute Gasteiger partial charge is 0.224 e. The Bertz CT molecular complexity index is 656. The van der Waals surface area contributed by atoms with Crippen LogP contribution in [0.5, 0.6) is 0 Å². The van der Waals surface area contributed by atoms with Crippen LogP contribution in [0.4, 0.5) is 5.69 Å². The standard InChI is InChI=1S/C17H18N2O2/c1-12-18-16(11-21-12)14-6-8-15(9-7-14)19-17(20)10-13-4-2-3-5-13/h2,4,6-9,11,13H,3,5,10H2,1H3,(H,19,20). The number of nitrogens with one attached hydrogen (secondary N) is 1. The van der Waals surface area contributed by atoms with E-state index >= 15 is 0 Å². The first kappa shape index (κ1) is 13.6. The lowest BCUT2D eigenvalue weighted by molar-refractivity contribution is -0.116. The number of hydrogen-bond donors (Lipinski definition) is 1. The molecule has 0 fully saturated rings. The van der Waals surface area contributed by atoms with E-state index in [2.05, 4.69) is 22.5 Å². The molecule has 1 aromatic carbocycles. The van der Waals surface area contributed by atoms with Crippen molar-refractivity contribution >= 4 is 11.6 Å². The van der Waals surface area contributed by atoms with Gasteiger partial charge < -0.3 is 9.73 Å². The van der Waals surface area contributed by atoms with Gasteiger partial charge in [0, 0.05) is 24.6 Å². The lowest BCUT2D eigenvalue weighted by Gasteiger charge is -2.09. The van der Waals surface area contributed by atoms with E-state index < -0.39 is 0 Å². The summed E-state index contributed by atoms with van der Waals surface area (Å²) in [6.45, 7) is 1.82. The molecule has 0 bridgehead atoms. The van der Waals surface area contributed by atoms with Gasteiger partial charge in [-0.1, -0.05) is 24.3 Å². The molecule has 1 heterocycles. The van der Waals surface area contributed by atoms with Crippen LogP contribution in [-0.4, -0.2) is 10.9 Å². The van der Waals surface area contributed by atoms with E-state index in [1.807, 2.05) is 31.2 Å². The largest absolute Gasteiger partial charge is 0.449 e. The molecule has 2 aromatic rings. The maximum Gasteiger partial charge on any atom is 0.224 e. The van der Waals surface area contributed by atoms with Crippen LogP contribution in [0.1, 0.15) is 25.2 Å². The molecule has 4 nitrogen and oxygen atoms in total. The highest BCUT2D eigenvalue weighted by Crippen LogP contribution is 2.23. The molecule has 0 saturated carbocycles. The number of oxazole rings is 1. The van der Waals surface area contributed by atoms with Crippen molar-refractivity contribution in [3.8, 4) is 11.3 Å². The molecule has 1 aliphatic rings. The molecule has 1 amide bonds. The Morgan fingerprint density at radius 1 is 1.38 bits per heavy atom. The first-order valence-corrected chi connectivity index (χ1v) is 7.20. The molecular weight excluding hydrogens is 264 g/mol. The molecule has 3 rings (SSSR count). The fourth-order valence-corrected chi connectivity index (χ4v) is 2.54. The minimum Gasteiger partial charge on any atom is -0.449 e. The Balaban J connectivity index is 1.61. The highest BCUT2D eigenvalue weighted by atomic mass is 16.3. The molecule has 1 N–H and O–H groups in total. The van der Waals surface area contributed by atoms with Crippen LogP contribution >= 0.6 is 0 Å². The Kier molecular flexibility index (Phi) is 3.86. The minimum atomic E-state index is 0.0663. The third-order valence-corrected chi connectivity index (χ3v) is 3.64. The number of nitrogens with zero attached hydrogens (tertiary/aromatic N) is 1. The van der Waals surface area contributed by atoms with Crippen LogP contribution < -0.4 is 5.32 Å². The summed E-state index contributed by atoms with van der Waals surface area (Å²) < 4.78 is 5.20. The van der Waals surface area contributed by atoms with Gasteiger partial charge in [-0.3, -0.25) is 4.79 Å². The van der Waals surface area contributed by atoms with Crippen LogP contribution in [0.3, 0.4) is 0 Å². The number of anilines is 1. The molecular formula is C17H18N2O2. The number of rotatable bonds is 4. The average molecular weight is 282 g/mol. The van der Waals surface area contributed by atoms with Crippen LogP contribution in [0.25, 0.3) is 11.3 Å². The zero-order valence-corrected chi connectivity index (χ0v) is 12.0. The third-order valence-electron chi connectivity index (χ3n) is 3.64. The van der Waals surface area contributed by atoms with Crippen molar-refractivity contribution < 1.29 is 9.21 Å². The van der Waals surface area contributed by atoms with Gasteiger partial charge in [0.15, 0.2) is 5.89 Å². The average Bonchev–Trinajstić information content (AvgIpc) is 3.11. The van der Waals surface area contributed by atoms with Gasteiger partial charge in [0.25, 0.3) is 0 Å². The zero-order chi connectivity index (χ0) is 14.7. The fraction of sp³-hybridized carbons (Fsp3) is 0.294.